The molecule has 6 heteroatoms. The number of hydrogen-bond donors (Lipinski definition) is 2. The first-order chi connectivity index (χ1) is 10.1. The maximum atomic E-state index is 13.0. The van der Waals surface area contributed by atoms with E-state index in [4.69, 9.17) is 16.7 Å². The average Bonchev–Trinajstić information content (AvgIpc) is 2.95. The topological polar surface area (TPSA) is 49.3 Å². The maximum absolute atomic E-state index is 13.0. The Hall–Kier alpha value is -1.87. The van der Waals surface area contributed by atoms with Gasteiger partial charge >= 0.3 is 0 Å². The van der Waals surface area contributed by atoms with Crippen molar-refractivity contribution in [3.05, 3.63) is 56.5 Å². The van der Waals surface area contributed by atoms with Crippen LogP contribution in [-0.4, -0.2) is 17.6 Å². The Bertz CT molecular complexity index is 718. The van der Waals surface area contributed by atoms with Crippen LogP contribution in [0.1, 0.15) is 20.8 Å². The fourth-order valence-electron chi connectivity index (χ4n) is 1.58. The van der Waals surface area contributed by atoms with Crippen LogP contribution in [0.3, 0.4) is 0 Å². The lowest BCUT2D eigenvalue weighted by atomic mass is 10.2. The summed E-state index contributed by atoms with van der Waals surface area (Å²) in [5.41, 5.74) is 1.21. The van der Waals surface area contributed by atoms with E-state index < -0.39 is 5.82 Å². The van der Waals surface area contributed by atoms with Crippen LogP contribution in [0.5, 0.6) is 0 Å². The second-order valence-corrected chi connectivity index (χ2v) is 5.41. The summed E-state index contributed by atoms with van der Waals surface area (Å²) in [5.74, 6) is 4.52. The highest BCUT2D eigenvalue weighted by atomic mass is 35.5. The Morgan fingerprint density at radius 3 is 2.95 bits per heavy atom. The number of nitrogens with one attached hydrogen (secondary N) is 1. The average molecular weight is 324 g/mol. The molecule has 21 heavy (non-hydrogen) atoms. The smallest absolute Gasteiger partial charge is 0.252 e. The zero-order valence-electron chi connectivity index (χ0n) is 10.8. The highest BCUT2D eigenvalue weighted by molar-refractivity contribution is 7.10. The van der Waals surface area contributed by atoms with Crippen LogP contribution in [0.4, 0.5) is 4.39 Å². The van der Waals surface area contributed by atoms with E-state index in [0.29, 0.717) is 16.0 Å². The van der Waals surface area contributed by atoms with Crippen molar-refractivity contribution in [3.8, 4) is 11.8 Å². The number of aliphatic hydroxyl groups excluding tert-OH is 1. The predicted molar refractivity (Wildman–Crippen MR) is 80.9 cm³/mol. The van der Waals surface area contributed by atoms with Gasteiger partial charge in [0.15, 0.2) is 0 Å². The fourth-order valence-corrected chi connectivity index (χ4v) is 2.54. The zero-order chi connectivity index (χ0) is 15.2. The highest BCUT2D eigenvalue weighted by Crippen LogP contribution is 2.16. The minimum absolute atomic E-state index is 0.0267. The number of hydrogen-bond acceptors (Lipinski definition) is 3. The Morgan fingerprint density at radius 2 is 2.24 bits per heavy atom. The van der Waals surface area contributed by atoms with E-state index in [1.54, 1.807) is 17.5 Å². The molecule has 108 valence electrons. The zero-order valence-corrected chi connectivity index (χ0v) is 12.4. The summed E-state index contributed by atoms with van der Waals surface area (Å²) in [7, 11) is 0. The van der Waals surface area contributed by atoms with Crippen LogP contribution in [0.25, 0.3) is 0 Å². The van der Waals surface area contributed by atoms with Gasteiger partial charge in [0.2, 0.25) is 0 Å². The first kappa shape index (κ1) is 15.5. The van der Waals surface area contributed by atoms with E-state index in [1.165, 1.54) is 23.5 Å². The quantitative estimate of drug-likeness (QED) is 0.853. The molecule has 0 aliphatic rings. The third-order valence-electron chi connectivity index (χ3n) is 2.59. The van der Waals surface area contributed by atoms with Gasteiger partial charge in [-0.2, -0.15) is 0 Å². The SMILES string of the molecule is O=C(NCc1ccc(F)c(Cl)c1)c1csc(C#CCO)c1. The van der Waals surface area contributed by atoms with Crippen molar-refractivity contribution in [1.82, 2.24) is 5.32 Å². The van der Waals surface area contributed by atoms with Gasteiger partial charge in [0.25, 0.3) is 5.91 Å². The van der Waals surface area contributed by atoms with Gasteiger partial charge < -0.3 is 10.4 Å². The second kappa shape index (κ2) is 7.23. The fraction of sp³-hybridized carbons (Fsp3) is 0.133. The normalized spacial score (nSPS) is 9.86. The van der Waals surface area contributed by atoms with Gasteiger partial charge in [0.05, 0.1) is 15.5 Å². The molecule has 0 aliphatic heterocycles. The summed E-state index contributed by atoms with van der Waals surface area (Å²) >= 11 is 7.00. The molecule has 2 aromatic rings. The van der Waals surface area contributed by atoms with E-state index in [2.05, 4.69) is 17.2 Å². The van der Waals surface area contributed by atoms with Crippen molar-refractivity contribution in [2.75, 3.05) is 6.61 Å². The summed E-state index contributed by atoms with van der Waals surface area (Å²) in [4.78, 5) is 12.7. The minimum Gasteiger partial charge on any atom is -0.384 e. The molecule has 0 saturated carbocycles. The molecule has 0 unspecified atom stereocenters. The standard InChI is InChI=1S/C15H11ClFNO2S/c16-13-6-10(3-4-14(13)17)8-18-15(20)11-7-12(21-9-11)2-1-5-19/h3-4,6-7,9,19H,5,8H2,(H,18,20). The van der Waals surface area contributed by atoms with Crippen molar-refractivity contribution >= 4 is 28.8 Å². The number of carbonyl (C=O) groups excluding carboxylic acids is 1. The molecule has 2 N–H and O–H groups in total. The Balaban J connectivity index is 1.98. The monoisotopic (exact) mass is 323 g/mol. The number of halogens is 2. The summed E-state index contributed by atoms with van der Waals surface area (Å²) in [6, 6.07) is 5.95. The molecule has 0 fully saturated rings. The van der Waals surface area contributed by atoms with Crippen molar-refractivity contribution in [2.45, 2.75) is 6.54 Å². The van der Waals surface area contributed by atoms with Crippen LogP contribution < -0.4 is 5.32 Å². The van der Waals surface area contributed by atoms with E-state index in [9.17, 15) is 9.18 Å². The van der Waals surface area contributed by atoms with Crippen LogP contribution in [0.2, 0.25) is 5.02 Å². The van der Waals surface area contributed by atoms with Crippen LogP contribution in [0.15, 0.2) is 29.6 Å². The first-order valence-electron chi connectivity index (χ1n) is 6.00. The lowest BCUT2D eigenvalue weighted by Crippen LogP contribution is -2.22. The lowest BCUT2D eigenvalue weighted by molar-refractivity contribution is 0.0951. The van der Waals surface area contributed by atoms with Gasteiger partial charge in [0.1, 0.15) is 12.4 Å². The predicted octanol–water partition coefficient (Wildman–Crippen LogP) is 2.81. The number of carbonyl (C=O) groups is 1. The van der Waals surface area contributed by atoms with Gasteiger partial charge in [-0.05, 0) is 23.8 Å². The lowest BCUT2D eigenvalue weighted by Gasteiger charge is -2.04. The molecule has 0 spiro atoms. The molecule has 3 nitrogen and oxygen atoms in total. The first-order valence-corrected chi connectivity index (χ1v) is 7.26. The van der Waals surface area contributed by atoms with Gasteiger partial charge in [0, 0.05) is 11.9 Å². The molecule has 1 heterocycles. The van der Waals surface area contributed by atoms with Crippen molar-refractivity contribution in [1.29, 1.82) is 0 Å². The number of rotatable bonds is 3. The summed E-state index contributed by atoms with van der Waals surface area (Å²) in [6.07, 6.45) is 0. The van der Waals surface area contributed by atoms with Crippen LogP contribution in [0, 0.1) is 17.7 Å². The Morgan fingerprint density at radius 1 is 1.43 bits per heavy atom. The third-order valence-corrected chi connectivity index (χ3v) is 3.72. The molecular weight excluding hydrogens is 313 g/mol. The summed E-state index contributed by atoms with van der Waals surface area (Å²) in [6.45, 7) is 0.0388. The molecule has 1 aromatic heterocycles. The second-order valence-electron chi connectivity index (χ2n) is 4.09. The van der Waals surface area contributed by atoms with Gasteiger partial charge in [-0.1, -0.05) is 29.5 Å². The maximum Gasteiger partial charge on any atom is 0.252 e. The molecule has 1 amide bonds. The summed E-state index contributed by atoms with van der Waals surface area (Å²) < 4.78 is 13.0. The Labute approximate surface area is 130 Å². The van der Waals surface area contributed by atoms with Crippen LogP contribution in [-0.2, 0) is 6.54 Å². The molecule has 0 aliphatic carbocycles. The number of thiophene rings is 1. The van der Waals surface area contributed by atoms with Crippen molar-refractivity contribution < 1.29 is 14.3 Å². The van der Waals surface area contributed by atoms with E-state index >= 15 is 0 Å². The number of benzene rings is 1. The summed E-state index contributed by atoms with van der Waals surface area (Å²) in [5, 5.41) is 13.0. The molecular formula is C15H11ClFNO2S. The van der Waals surface area contributed by atoms with E-state index in [-0.39, 0.29) is 24.1 Å². The molecule has 0 saturated heterocycles. The Kier molecular flexibility index (Phi) is 5.34. The minimum atomic E-state index is -0.489. The number of amides is 1. The van der Waals surface area contributed by atoms with Crippen molar-refractivity contribution in [2.24, 2.45) is 0 Å². The van der Waals surface area contributed by atoms with Crippen molar-refractivity contribution in [3.63, 3.8) is 0 Å². The van der Waals surface area contributed by atoms with Gasteiger partial charge in [-0.25, -0.2) is 4.39 Å². The molecule has 1 aromatic carbocycles. The third kappa shape index (κ3) is 4.30. The molecule has 2 rings (SSSR count). The largest absolute Gasteiger partial charge is 0.384 e. The van der Waals surface area contributed by atoms with Crippen LogP contribution >= 0.6 is 22.9 Å². The van der Waals surface area contributed by atoms with Gasteiger partial charge in [-0.3, -0.25) is 4.79 Å². The van der Waals surface area contributed by atoms with E-state index in [1.807, 2.05) is 0 Å². The molecule has 0 atom stereocenters. The molecule has 0 bridgehead atoms. The number of aliphatic hydroxyl groups is 1. The molecule has 0 radical (unpaired) electrons. The van der Waals surface area contributed by atoms with E-state index in [0.717, 1.165) is 0 Å². The van der Waals surface area contributed by atoms with Gasteiger partial charge in [-0.15, -0.1) is 11.3 Å². The highest BCUT2D eigenvalue weighted by Gasteiger charge is 2.08.